The molecule has 0 spiro atoms. The first-order valence-corrected chi connectivity index (χ1v) is 17.2. The van der Waals surface area contributed by atoms with Crippen LogP contribution < -0.4 is 10.2 Å². The van der Waals surface area contributed by atoms with E-state index in [9.17, 15) is 9.90 Å². The molecule has 0 saturated heterocycles. The molecule has 52 heavy (non-hydrogen) atoms. The van der Waals surface area contributed by atoms with Gasteiger partial charge in [0.05, 0.1) is 22.6 Å². The molecule has 1 aliphatic rings. The Balaban J connectivity index is 1.21. The van der Waals surface area contributed by atoms with Gasteiger partial charge < -0.3 is 24.6 Å². The molecule has 3 heterocycles. The Bertz CT molecular complexity index is 2220. The minimum absolute atomic E-state index is 0.228. The minimum atomic E-state index is -0.982. The number of rotatable bonds is 11. The lowest BCUT2D eigenvalue weighted by molar-refractivity contribution is 0.0694. The molecule has 1 aliphatic heterocycles. The normalized spacial score (nSPS) is 13.9. The van der Waals surface area contributed by atoms with Gasteiger partial charge in [-0.3, -0.25) is 0 Å². The van der Waals surface area contributed by atoms with Crippen LogP contribution in [0.25, 0.3) is 17.2 Å². The second-order valence-electron chi connectivity index (χ2n) is 12.7. The van der Waals surface area contributed by atoms with Gasteiger partial charge in [0.1, 0.15) is 5.54 Å². The summed E-state index contributed by atoms with van der Waals surface area (Å²) in [5.41, 5.74) is 7.57. The van der Waals surface area contributed by atoms with Crippen LogP contribution in [0.15, 0.2) is 146 Å². The molecule has 0 amide bonds. The number of aromatic nitrogens is 5. The number of carboxylic acids is 1. The van der Waals surface area contributed by atoms with Gasteiger partial charge in [0.15, 0.2) is 0 Å². The summed E-state index contributed by atoms with van der Waals surface area (Å²) in [6, 6.07) is 46.7. The van der Waals surface area contributed by atoms with E-state index in [2.05, 4.69) is 100 Å². The quantitative estimate of drug-likeness (QED) is 0.133. The van der Waals surface area contributed by atoms with Gasteiger partial charge >= 0.3 is 5.97 Å². The van der Waals surface area contributed by atoms with Crippen LogP contribution in [0.5, 0.6) is 0 Å². The van der Waals surface area contributed by atoms with Crippen LogP contribution in [0.2, 0.25) is 0 Å². The highest BCUT2D eigenvalue weighted by molar-refractivity contribution is 5.99. The van der Waals surface area contributed by atoms with E-state index in [1.807, 2.05) is 77.2 Å². The summed E-state index contributed by atoms with van der Waals surface area (Å²) in [6.45, 7) is 4.90. The van der Waals surface area contributed by atoms with Crippen LogP contribution in [-0.2, 0) is 16.8 Å². The van der Waals surface area contributed by atoms with Crippen molar-refractivity contribution in [2.24, 2.45) is 0 Å². The zero-order chi connectivity index (χ0) is 35.7. The molecule has 0 fully saturated rings. The monoisotopic (exact) mass is 687 g/mol. The highest BCUT2D eigenvalue weighted by atomic mass is 16.5. The number of nitrogens with one attached hydrogen (secondary N) is 1. The number of ether oxygens (including phenoxy) is 1. The van der Waals surface area contributed by atoms with Crippen molar-refractivity contribution in [1.82, 2.24) is 24.8 Å². The first-order valence-electron chi connectivity index (χ1n) is 17.2. The summed E-state index contributed by atoms with van der Waals surface area (Å²) in [5.74, 6) is -0.376. The second kappa shape index (κ2) is 13.7. The number of nitrogens with zero attached hydrogens (tertiary/aromatic N) is 6. The fraction of sp³-hybridized carbons (Fsp3) is 0.143. The molecule has 258 valence electrons. The largest absolute Gasteiger partial charge is 0.478 e. The van der Waals surface area contributed by atoms with Gasteiger partial charge in [-0.1, -0.05) is 109 Å². The molecule has 0 aliphatic carbocycles. The Morgan fingerprint density at radius 1 is 0.827 bits per heavy atom. The molecule has 7 aromatic rings. The molecule has 10 heteroatoms. The standard InChI is InChI=1S/C42H37N7O3/c1-3-52-41-43-36-21-13-20-35(40(50)51)38(36)48(41)28-30-22-24-34(25-23-30)47-27-29(2)26-37(47)39-44-45-46-49(39)42(31-14-7-4-8-15-31,32-16-9-5-10-17-32)33-18-11-6-12-19-33/h4-27,41,43H,3,28H2,1-2H3,(H,50,51). The van der Waals surface area contributed by atoms with Gasteiger partial charge in [-0.15, -0.1) is 5.10 Å². The van der Waals surface area contributed by atoms with Gasteiger partial charge in [0.25, 0.3) is 0 Å². The minimum Gasteiger partial charge on any atom is -0.478 e. The predicted molar refractivity (Wildman–Crippen MR) is 201 cm³/mol. The van der Waals surface area contributed by atoms with Gasteiger partial charge in [0.2, 0.25) is 12.2 Å². The topological polar surface area (TPSA) is 110 Å². The molecule has 0 radical (unpaired) electrons. The first kappa shape index (κ1) is 32.7. The third kappa shape index (κ3) is 5.59. The van der Waals surface area contributed by atoms with E-state index in [0.717, 1.165) is 44.9 Å². The Hall–Kier alpha value is -6.52. The van der Waals surface area contributed by atoms with E-state index in [1.54, 1.807) is 12.1 Å². The van der Waals surface area contributed by atoms with Gasteiger partial charge in [-0.2, -0.15) is 0 Å². The number of fused-ring (bicyclic) bond motifs is 1. The molecule has 1 unspecified atom stereocenters. The molecular formula is C42H37N7O3. The van der Waals surface area contributed by atoms with Crippen LogP contribution in [0.3, 0.4) is 0 Å². The van der Waals surface area contributed by atoms with Gasteiger partial charge in [-0.05, 0) is 82.4 Å². The van der Waals surface area contributed by atoms with Crippen molar-refractivity contribution >= 4 is 17.3 Å². The fourth-order valence-electron chi connectivity index (χ4n) is 7.34. The Morgan fingerprint density at radius 2 is 1.44 bits per heavy atom. The number of hydrogen-bond acceptors (Lipinski definition) is 7. The average molecular weight is 688 g/mol. The zero-order valence-electron chi connectivity index (χ0n) is 28.8. The highest BCUT2D eigenvalue weighted by Gasteiger charge is 2.42. The maximum Gasteiger partial charge on any atom is 0.337 e. The molecule has 0 saturated carbocycles. The molecule has 5 aromatic carbocycles. The number of aromatic carboxylic acids is 1. The van der Waals surface area contributed by atoms with E-state index >= 15 is 0 Å². The van der Waals surface area contributed by atoms with Crippen molar-refractivity contribution in [2.75, 3.05) is 16.8 Å². The van der Waals surface area contributed by atoms with Crippen molar-refractivity contribution < 1.29 is 14.6 Å². The van der Waals surface area contributed by atoms with Crippen molar-refractivity contribution in [3.05, 3.63) is 179 Å². The maximum atomic E-state index is 12.2. The number of aryl methyl sites for hydroxylation is 1. The van der Waals surface area contributed by atoms with Crippen LogP contribution in [-0.4, -0.2) is 48.8 Å². The summed E-state index contributed by atoms with van der Waals surface area (Å²) >= 11 is 0. The van der Waals surface area contributed by atoms with E-state index < -0.39 is 17.9 Å². The number of carbonyl (C=O) groups is 1. The second-order valence-corrected chi connectivity index (χ2v) is 12.7. The number of anilines is 2. The maximum absolute atomic E-state index is 12.2. The number of benzene rings is 5. The van der Waals surface area contributed by atoms with Crippen LogP contribution in [0.1, 0.15) is 45.1 Å². The summed E-state index contributed by atoms with van der Waals surface area (Å²) in [7, 11) is 0. The lowest BCUT2D eigenvalue weighted by Crippen LogP contribution is -2.39. The number of carboxylic acid groups (broad SMARTS) is 1. The molecule has 2 aromatic heterocycles. The van der Waals surface area contributed by atoms with E-state index in [0.29, 0.717) is 24.7 Å². The zero-order valence-corrected chi connectivity index (χ0v) is 28.8. The van der Waals surface area contributed by atoms with Crippen molar-refractivity contribution in [1.29, 1.82) is 0 Å². The third-order valence-corrected chi connectivity index (χ3v) is 9.56. The van der Waals surface area contributed by atoms with Crippen LogP contribution in [0, 0.1) is 6.92 Å². The first-order chi connectivity index (χ1) is 25.5. The fourth-order valence-corrected chi connectivity index (χ4v) is 7.34. The van der Waals surface area contributed by atoms with Crippen LogP contribution in [0.4, 0.5) is 11.4 Å². The third-order valence-electron chi connectivity index (χ3n) is 9.56. The van der Waals surface area contributed by atoms with Gasteiger partial charge in [0, 0.05) is 25.0 Å². The Morgan fingerprint density at radius 3 is 2.02 bits per heavy atom. The molecule has 2 N–H and O–H groups in total. The highest BCUT2D eigenvalue weighted by Crippen LogP contribution is 2.43. The van der Waals surface area contributed by atoms with Crippen LogP contribution >= 0.6 is 0 Å². The lowest BCUT2D eigenvalue weighted by Gasteiger charge is -2.36. The van der Waals surface area contributed by atoms with Crippen molar-refractivity contribution in [3.63, 3.8) is 0 Å². The summed E-state index contributed by atoms with van der Waals surface area (Å²) in [5, 5.41) is 27.0. The average Bonchev–Trinajstić information content (AvgIpc) is 3.91. The molecule has 1 atom stereocenters. The molecule has 0 bridgehead atoms. The number of tetrazole rings is 1. The van der Waals surface area contributed by atoms with Gasteiger partial charge in [-0.25, -0.2) is 9.48 Å². The number of para-hydroxylation sites is 1. The summed E-state index contributed by atoms with van der Waals surface area (Å²) in [4.78, 5) is 14.1. The summed E-state index contributed by atoms with van der Waals surface area (Å²) in [6.07, 6.45) is 1.60. The molecule has 8 rings (SSSR count). The molecule has 10 nitrogen and oxygen atoms in total. The SMILES string of the molecule is CCOC1Nc2cccc(C(=O)O)c2N1Cc1ccc(-n2cc(C)cc2-c2nnnn2C(c2ccccc2)(c2ccccc2)c2ccccc2)cc1. The smallest absolute Gasteiger partial charge is 0.337 e. The predicted octanol–water partition coefficient (Wildman–Crippen LogP) is 7.73. The lowest BCUT2D eigenvalue weighted by atomic mass is 9.77. The summed E-state index contributed by atoms with van der Waals surface area (Å²) < 4.78 is 10.0. The van der Waals surface area contributed by atoms with E-state index in [4.69, 9.17) is 9.95 Å². The van der Waals surface area contributed by atoms with E-state index in [1.165, 1.54) is 0 Å². The van der Waals surface area contributed by atoms with Crippen molar-refractivity contribution in [2.45, 2.75) is 32.3 Å². The Labute approximate surface area is 301 Å². The van der Waals surface area contributed by atoms with Crippen molar-refractivity contribution in [3.8, 4) is 17.2 Å². The Kier molecular flexibility index (Phi) is 8.58. The molecular weight excluding hydrogens is 651 g/mol. The number of hydrogen-bond donors (Lipinski definition) is 2. The van der Waals surface area contributed by atoms with E-state index in [-0.39, 0.29) is 5.56 Å².